The number of carboxylic acids is 4. The summed E-state index contributed by atoms with van der Waals surface area (Å²) in [5.41, 5.74) is 0.938. The molecule has 0 spiro atoms. The molecule has 0 unspecified atom stereocenters. The molecule has 0 aliphatic rings. The molecule has 36 heavy (non-hydrogen) atoms. The first-order chi connectivity index (χ1) is 17.1. The number of benzene rings is 2. The molecule has 0 aliphatic carbocycles. The lowest BCUT2D eigenvalue weighted by Crippen LogP contribution is -2.11. The minimum absolute atomic E-state index is 0.0720. The van der Waals surface area contributed by atoms with Crippen molar-refractivity contribution in [3.63, 3.8) is 0 Å². The molecule has 0 aromatic heterocycles. The fourth-order valence-electron chi connectivity index (χ4n) is 2.93. The highest BCUT2D eigenvalue weighted by molar-refractivity contribution is 6.01. The summed E-state index contributed by atoms with van der Waals surface area (Å²) in [6.45, 7) is 7.53. The van der Waals surface area contributed by atoms with Crippen molar-refractivity contribution in [2.45, 2.75) is 52.4 Å². The van der Waals surface area contributed by atoms with Crippen LogP contribution in [0.2, 0.25) is 0 Å². The van der Waals surface area contributed by atoms with E-state index in [0.717, 1.165) is 12.8 Å². The normalized spacial score (nSPS) is 10.4. The monoisotopic (exact) mass is 498 g/mol. The minimum Gasteiger partial charge on any atom is -0.478 e. The maximum absolute atomic E-state index is 11.0. The molecule has 0 radical (unpaired) electrons. The van der Waals surface area contributed by atoms with E-state index in [0.29, 0.717) is 25.7 Å². The molecular weight excluding hydrogens is 464 g/mol. The Morgan fingerprint density at radius 3 is 1.28 bits per heavy atom. The highest BCUT2D eigenvalue weighted by Gasteiger charge is 2.19. The van der Waals surface area contributed by atoms with E-state index in [2.05, 4.69) is 6.58 Å². The van der Waals surface area contributed by atoms with Crippen molar-refractivity contribution in [2.24, 2.45) is 0 Å². The van der Waals surface area contributed by atoms with E-state index in [1.807, 2.05) is 50.3 Å². The van der Waals surface area contributed by atoms with Crippen molar-refractivity contribution in [3.8, 4) is 0 Å². The van der Waals surface area contributed by atoms with Gasteiger partial charge in [0, 0.05) is 11.1 Å². The van der Waals surface area contributed by atoms with Crippen LogP contribution in [0.15, 0.2) is 72.3 Å². The molecule has 2 rings (SSSR count). The first-order valence-electron chi connectivity index (χ1n) is 11.5. The zero-order valence-corrected chi connectivity index (χ0v) is 20.6. The second-order valence-corrected chi connectivity index (χ2v) is 7.55. The molecule has 0 aliphatic heterocycles. The molecule has 8 heteroatoms. The van der Waals surface area contributed by atoms with E-state index in [-0.39, 0.29) is 22.3 Å². The van der Waals surface area contributed by atoms with E-state index in [4.69, 9.17) is 20.4 Å². The Morgan fingerprint density at radius 1 is 0.667 bits per heavy atom. The van der Waals surface area contributed by atoms with Crippen LogP contribution in [0.3, 0.4) is 0 Å². The van der Waals surface area contributed by atoms with E-state index in [9.17, 15) is 19.2 Å². The van der Waals surface area contributed by atoms with E-state index >= 15 is 0 Å². The van der Waals surface area contributed by atoms with Gasteiger partial charge in [0.15, 0.2) is 0 Å². The molecule has 2 aromatic rings. The van der Waals surface area contributed by atoms with Crippen molar-refractivity contribution in [3.05, 3.63) is 89.0 Å². The van der Waals surface area contributed by atoms with E-state index in [1.165, 1.54) is 29.8 Å². The zero-order chi connectivity index (χ0) is 27.5. The third-order valence-electron chi connectivity index (χ3n) is 4.86. The molecule has 194 valence electrons. The standard InChI is InChI=1S/C12H20O4.C8H6O4.C8H8/c1-3-5-7-9(11(13)14)10(12(15)16)8-6-4-2;9-7(10)5-3-1-2-4-6(5)8(11)12;1-2-8-6-4-3-5-7-8/h3-8H2,1-2H3,(H,13,14)(H,15,16);1-4H,(H,9,10)(H,11,12);2-7H,1H2/b10-9-;;. The number of aromatic carboxylic acids is 2. The van der Waals surface area contributed by atoms with Crippen LogP contribution in [0.1, 0.15) is 78.7 Å². The number of carbonyl (C=O) groups is 4. The SMILES string of the molecule is C=Cc1ccccc1.CCCC/C(C(=O)O)=C(\CCCC)C(=O)O.O=C(O)c1ccccc1C(=O)O. The maximum atomic E-state index is 11.0. The molecule has 4 N–H and O–H groups in total. The Balaban J connectivity index is 0.000000537. The summed E-state index contributed by atoms with van der Waals surface area (Å²) >= 11 is 0. The number of unbranched alkanes of at least 4 members (excludes halogenated alkanes) is 2. The first kappa shape index (κ1) is 31.8. The van der Waals surface area contributed by atoms with Gasteiger partial charge in [-0.2, -0.15) is 0 Å². The molecular formula is C28H34O8. The topological polar surface area (TPSA) is 149 Å². The fraction of sp³-hybridized carbons (Fsp3) is 0.286. The summed E-state index contributed by atoms with van der Waals surface area (Å²) in [5, 5.41) is 35.1. The molecule has 0 heterocycles. The van der Waals surface area contributed by atoms with Gasteiger partial charge in [0.05, 0.1) is 11.1 Å². The maximum Gasteiger partial charge on any atom is 0.336 e. The second kappa shape index (κ2) is 18.2. The fourth-order valence-corrected chi connectivity index (χ4v) is 2.93. The van der Waals surface area contributed by atoms with Gasteiger partial charge in [0.1, 0.15) is 0 Å². The Kier molecular flexibility index (Phi) is 16.0. The lowest BCUT2D eigenvalue weighted by Gasteiger charge is -2.08. The summed E-state index contributed by atoms with van der Waals surface area (Å²) < 4.78 is 0. The summed E-state index contributed by atoms with van der Waals surface area (Å²) in [7, 11) is 0. The number of rotatable bonds is 11. The minimum atomic E-state index is -1.23. The van der Waals surface area contributed by atoms with Crippen LogP contribution in [0, 0.1) is 0 Å². The Labute approximate surface area is 211 Å². The van der Waals surface area contributed by atoms with Crippen molar-refractivity contribution in [2.75, 3.05) is 0 Å². The van der Waals surface area contributed by atoms with Crippen LogP contribution in [-0.2, 0) is 9.59 Å². The van der Waals surface area contributed by atoms with E-state index < -0.39 is 23.9 Å². The largest absolute Gasteiger partial charge is 0.478 e. The van der Waals surface area contributed by atoms with Crippen molar-refractivity contribution < 1.29 is 39.6 Å². The number of hydrogen-bond acceptors (Lipinski definition) is 4. The Morgan fingerprint density at radius 2 is 1.03 bits per heavy atom. The number of aliphatic carboxylic acids is 2. The average Bonchev–Trinajstić information content (AvgIpc) is 2.86. The second-order valence-electron chi connectivity index (χ2n) is 7.55. The third-order valence-corrected chi connectivity index (χ3v) is 4.86. The van der Waals surface area contributed by atoms with Gasteiger partial charge in [-0.25, -0.2) is 19.2 Å². The highest BCUT2D eigenvalue weighted by atomic mass is 16.4. The molecule has 0 fully saturated rings. The molecule has 8 nitrogen and oxygen atoms in total. The predicted molar refractivity (Wildman–Crippen MR) is 138 cm³/mol. The lowest BCUT2D eigenvalue weighted by molar-refractivity contribution is -0.136. The van der Waals surface area contributed by atoms with Gasteiger partial charge in [0.25, 0.3) is 0 Å². The van der Waals surface area contributed by atoms with Crippen molar-refractivity contribution in [1.82, 2.24) is 0 Å². The highest BCUT2D eigenvalue weighted by Crippen LogP contribution is 2.18. The van der Waals surface area contributed by atoms with Crippen molar-refractivity contribution >= 4 is 30.0 Å². The molecule has 0 atom stereocenters. The van der Waals surface area contributed by atoms with Gasteiger partial charge in [-0.1, -0.05) is 81.8 Å². The summed E-state index contributed by atoms with van der Waals surface area (Å²) in [4.78, 5) is 42.9. The van der Waals surface area contributed by atoms with Gasteiger partial charge in [-0.3, -0.25) is 0 Å². The molecule has 0 saturated heterocycles. The van der Waals surface area contributed by atoms with Crippen LogP contribution in [0.4, 0.5) is 0 Å². The summed E-state index contributed by atoms with van der Waals surface area (Å²) in [6.07, 6.45) is 5.67. The van der Waals surface area contributed by atoms with Crippen LogP contribution in [0.25, 0.3) is 6.08 Å². The zero-order valence-electron chi connectivity index (χ0n) is 20.6. The molecule has 2 aromatic carbocycles. The quantitative estimate of drug-likeness (QED) is 0.266. The summed E-state index contributed by atoms with van der Waals surface area (Å²) in [6, 6.07) is 15.5. The van der Waals surface area contributed by atoms with E-state index in [1.54, 1.807) is 0 Å². The van der Waals surface area contributed by atoms with Crippen molar-refractivity contribution in [1.29, 1.82) is 0 Å². The smallest absolute Gasteiger partial charge is 0.336 e. The predicted octanol–water partition coefficient (Wildman–Crippen LogP) is 6.25. The third kappa shape index (κ3) is 12.3. The van der Waals surface area contributed by atoms with Gasteiger partial charge in [-0.05, 0) is 43.4 Å². The van der Waals surface area contributed by atoms with Crippen LogP contribution in [0.5, 0.6) is 0 Å². The van der Waals surface area contributed by atoms with Gasteiger partial charge < -0.3 is 20.4 Å². The molecule has 0 amide bonds. The Hall–Kier alpha value is -4.20. The average molecular weight is 499 g/mol. The number of hydrogen-bond donors (Lipinski definition) is 4. The molecule has 0 saturated carbocycles. The Bertz CT molecular complexity index is 978. The van der Waals surface area contributed by atoms with Crippen LogP contribution < -0.4 is 0 Å². The van der Waals surface area contributed by atoms with Crippen LogP contribution >= 0.6 is 0 Å². The number of carboxylic acid groups (broad SMARTS) is 4. The van der Waals surface area contributed by atoms with Crippen LogP contribution in [-0.4, -0.2) is 44.3 Å². The van der Waals surface area contributed by atoms with Gasteiger partial charge >= 0.3 is 23.9 Å². The first-order valence-corrected chi connectivity index (χ1v) is 11.5. The molecule has 0 bridgehead atoms. The van der Waals surface area contributed by atoms with Gasteiger partial charge in [0.2, 0.25) is 0 Å². The van der Waals surface area contributed by atoms with Gasteiger partial charge in [-0.15, -0.1) is 0 Å². The summed E-state index contributed by atoms with van der Waals surface area (Å²) in [5.74, 6) is -4.65. The lowest BCUT2D eigenvalue weighted by atomic mass is 9.98.